The molecule has 3 N–H and O–H groups in total. The lowest BCUT2D eigenvalue weighted by atomic mass is 9.88. The predicted molar refractivity (Wildman–Crippen MR) is 67.0 cm³/mol. The molecule has 0 aromatic heterocycles. The summed E-state index contributed by atoms with van der Waals surface area (Å²) in [7, 11) is 0. The number of hydrogen-bond donors (Lipinski definition) is 2. The number of hydrogen-bond acceptors (Lipinski definition) is 2. The zero-order valence-electron chi connectivity index (χ0n) is 10.9. The largest absolute Gasteiger partial charge is 0.351 e. The van der Waals surface area contributed by atoms with Crippen molar-refractivity contribution in [1.82, 2.24) is 5.32 Å². The van der Waals surface area contributed by atoms with Crippen LogP contribution >= 0.6 is 0 Å². The highest BCUT2D eigenvalue weighted by Gasteiger charge is 2.38. The monoisotopic (exact) mass is 226 g/mol. The normalized spacial score (nSPS) is 19.6. The average molecular weight is 226 g/mol. The highest BCUT2D eigenvalue weighted by molar-refractivity contribution is 5.77. The first-order valence-corrected chi connectivity index (χ1v) is 6.48. The SMILES string of the molecule is CC(C)C(CCN)CCC(=O)NC1(C)CC1. The molecule has 94 valence electrons. The lowest BCUT2D eigenvalue weighted by Crippen LogP contribution is -2.34. The summed E-state index contributed by atoms with van der Waals surface area (Å²) in [5.74, 6) is 1.42. The minimum Gasteiger partial charge on any atom is -0.351 e. The minimum absolute atomic E-state index is 0.123. The highest BCUT2D eigenvalue weighted by Crippen LogP contribution is 2.34. The molecule has 0 spiro atoms. The Morgan fingerprint density at radius 2 is 2.00 bits per heavy atom. The fourth-order valence-corrected chi connectivity index (χ4v) is 2.05. The Bertz CT molecular complexity index is 234. The Balaban J connectivity index is 2.22. The van der Waals surface area contributed by atoms with E-state index in [4.69, 9.17) is 5.73 Å². The second-order valence-corrected chi connectivity index (χ2v) is 5.73. The number of carbonyl (C=O) groups excluding carboxylic acids is 1. The molecule has 3 nitrogen and oxygen atoms in total. The predicted octanol–water partition coefficient (Wildman–Crippen LogP) is 2.06. The van der Waals surface area contributed by atoms with Crippen molar-refractivity contribution in [3.05, 3.63) is 0 Å². The molecule has 0 bridgehead atoms. The van der Waals surface area contributed by atoms with E-state index in [1.165, 1.54) is 0 Å². The molecule has 0 aromatic rings. The third-order valence-electron chi connectivity index (χ3n) is 3.66. The lowest BCUT2D eigenvalue weighted by molar-refractivity contribution is -0.122. The topological polar surface area (TPSA) is 55.1 Å². The van der Waals surface area contributed by atoms with Gasteiger partial charge in [0, 0.05) is 12.0 Å². The molecule has 1 aliphatic carbocycles. The molecule has 0 saturated heterocycles. The summed E-state index contributed by atoms with van der Waals surface area (Å²) in [5.41, 5.74) is 5.71. The summed E-state index contributed by atoms with van der Waals surface area (Å²) in [5, 5.41) is 3.10. The van der Waals surface area contributed by atoms with E-state index < -0.39 is 0 Å². The van der Waals surface area contributed by atoms with Crippen LogP contribution in [0, 0.1) is 11.8 Å². The fraction of sp³-hybridized carbons (Fsp3) is 0.923. The Morgan fingerprint density at radius 1 is 1.38 bits per heavy atom. The molecule has 1 saturated carbocycles. The number of rotatable bonds is 7. The molecular formula is C13H26N2O. The van der Waals surface area contributed by atoms with Gasteiger partial charge in [0.2, 0.25) is 5.91 Å². The Kier molecular flexibility index (Phi) is 4.78. The zero-order valence-corrected chi connectivity index (χ0v) is 10.9. The van der Waals surface area contributed by atoms with Crippen LogP contribution in [0.2, 0.25) is 0 Å². The molecule has 0 aliphatic heterocycles. The summed E-state index contributed by atoms with van der Waals surface area (Å²) in [4.78, 5) is 11.7. The summed E-state index contributed by atoms with van der Waals surface area (Å²) < 4.78 is 0. The third kappa shape index (κ3) is 4.52. The molecular weight excluding hydrogens is 200 g/mol. The van der Waals surface area contributed by atoms with Crippen LogP contribution < -0.4 is 11.1 Å². The standard InChI is InChI=1S/C13H26N2O/c1-10(2)11(6-9-14)4-5-12(16)15-13(3)7-8-13/h10-11H,4-9,14H2,1-3H3,(H,15,16). The fourth-order valence-electron chi connectivity index (χ4n) is 2.05. The molecule has 16 heavy (non-hydrogen) atoms. The minimum atomic E-state index is 0.123. The molecule has 1 fully saturated rings. The molecule has 3 heteroatoms. The van der Waals surface area contributed by atoms with E-state index in [1.807, 2.05) is 0 Å². The van der Waals surface area contributed by atoms with E-state index in [2.05, 4.69) is 26.1 Å². The van der Waals surface area contributed by atoms with Crippen LogP contribution in [-0.2, 0) is 4.79 Å². The van der Waals surface area contributed by atoms with Crippen LogP contribution in [-0.4, -0.2) is 18.0 Å². The van der Waals surface area contributed by atoms with Crippen molar-refractivity contribution in [2.45, 2.75) is 58.4 Å². The Labute approximate surface area is 99.2 Å². The second-order valence-electron chi connectivity index (χ2n) is 5.73. The van der Waals surface area contributed by atoms with Gasteiger partial charge in [0.1, 0.15) is 0 Å². The summed E-state index contributed by atoms with van der Waals surface area (Å²) in [6, 6.07) is 0. The van der Waals surface area contributed by atoms with E-state index in [1.54, 1.807) is 0 Å². The molecule has 1 amide bonds. The van der Waals surface area contributed by atoms with E-state index in [0.29, 0.717) is 18.3 Å². The van der Waals surface area contributed by atoms with Gasteiger partial charge in [-0.1, -0.05) is 13.8 Å². The zero-order chi connectivity index (χ0) is 12.2. The van der Waals surface area contributed by atoms with Crippen molar-refractivity contribution in [2.24, 2.45) is 17.6 Å². The van der Waals surface area contributed by atoms with Crippen molar-refractivity contribution in [3.63, 3.8) is 0 Å². The maximum Gasteiger partial charge on any atom is 0.220 e. The first kappa shape index (κ1) is 13.5. The average Bonchev–Trinajstić information content (AvgIpc) is 2.90. The van der Waals surface area contributed by atoms with E-state index in [9.17, 15) is 4.79 Å². The van der Waals surface area contributed by atoms with Crippen molar-refractivity contribution < 1.29 is 4.79 Å². The van der Waals surface area contributed by atoms with Gasteiger partial charge in [-0.25, -0.2) is 0 Å². The van der Waals surface area contributed by atoms with Gasteiger partial charge in [-0.05, 0) is 51.0 Å². The first-order valence-electron chi connectivity index (χ1n) is 6.48. The van der Waals surface area contributed by atoms with E-state index >= 15 is 0 Å². The number of nitrogens with two attached hydrogens (primary N) is 1. The van der Waals surface area contributed by atoms with Gasteiger partial charge in [0.25, 0.3) is 0 Å². The molecule has 0 aromatic carbocycles. The van der Waals surface area contributed by atoms with Gasteiger partial charge < -0.3 is 11.1 Å². The van der Waals surface area contributed by atoms with Crippen molar-refractivity contribution in [2.75, 3.05) is 6.54 Å². The van der Waals surface area contributed by atoms with Crippen molar-refractivity contribution in [1.29, 1.82) is 0 Å². The molecule has 1 aliphatic rings. The molecule has 1 rings (SSSR count). The van der Waals surface area contributed by atoms with Gasteiger partial charge in [0.15, 0.2) is 0 Å². The van der Waals surface area contributed by atoms with Crippen molar-refractivity contribution in [3.8, 4) is 0 Å². The van der Waals surface area contributed by atoms with Crippen molar-refractivity contribution >= 4 is 5.91 Å². The van der Waals surface area contributed by atoms with Gasteiger partial charge in [0.05, 0.1) is 0 Å². The number of carbonyl (C=O) groups is 1. The smallest absolute Gasteiger partial charge is 0.220 e. The van der Waals surface area contributed by atoms with Gasteiger partial charge in [-0.3, -0.25) is 4.79 Å². The van der Waals surface area contributed by atoms with Crippen LogP contribution in [0.3, 0.4) is 0 Å². The number of amides is 1. The lowest BCUT2D eigenvalue weighted by Gasteiger charge is -2.20. The van der Waals surface area contributed by atoms with E-state index in [-0.39, 0.29) is 11.4 Å². The number of nitrogens with one attached hydrogen (secondary N) is 1. The van der Waals surface area contributed by atoms with Crippen LogP contribution in [0.5, 0.6) is 0 Å². The Morgan fingerprint density at radius 3 is 2.44 bits per heavy atom. The van der Waals surface area contributed by atoms with Gasteiger partial charge in [-0.2, -0.15) is 0 Å². The Hall–Kier alpha value is -0.570. The molecule has 0 radical (unpaired) electrons. The molecule has 1 unspecified atom stereocenters. The second kappa shape index (κ2) is 5.67. The van der Waals surface area contributed by atoms with Gasteiger partial charge >= 0.3 is 0 Å². The summed E-state index contributed by atoms with van der Waals surface area (Å²) in [6.07, 6.45) is 4.92. The maximum atomic E-state index is 11.7. The summed E-state index contributed by atoms with van der Waals surface area (Å²) in [6.45, 7) is 7.26. The van der Waals surface area contributed by atoms with Crippen LogP contribution in [0.25, 0.3) is 0 Å². The van der Waals surface area contributed by atoms with Crippen LogP contribution in [0.1, 0.15) is 52.9 Å². The quantitative estimate of drug-likeness (QED) is 0.698. The maximum absolute atomic E-state index is 11.7. The first-order chi connectivity index (χ1) is 7.47. The summed E-state index contributed by atoms with van der Waals surface area (Å²) >= 11 is 0. The van der Waals surface area contributed by atoms with E-state index in [0.717, 1.165) is 32.2 Å². The van der Waals surface area contributed by atoms with Crippen LogP contribution in [0.15, 0.2) is 0 Å². The van der Waals surface area contributed by atoms with Gasteiger partial charge in [-0.15, -0.1) is 0 Å². The molecule has 0 heterocycles. The molecule has 1 atom stereocenters. The highest BCUT2D eigenvalue weighted by atomic mass is 16.1. The van der Waals surface area contributed by atoms with Crippen LogP contribution in [0.4, 0.5) is 0 Å². The third-order valence-corrected chi connectivity index (χ3v) is 3.66.